The van der Waals surface area contributed by atoms with Crippen molar-refractivity contribution in [3.05, 3.63) is 16.6 Å². The Balaban J connectivity index is 1.99. The zero-order valence-corrected chi connectivity index (χ0v) is 12.0. The molecule has 0 saturated carbocycles. The van der Waals surface area contributed by atoms with Gasteiger partial charge in [-0.1, -0.05) is 13.8 Å². The first-order valence-electron chi connectivity index (χ1n) is 5.89. The molecule has 1 aromatic heterocycles. The van der Waals surface area contributed by atoms with Crippen LogP contribution in [-0.2, 0) is 0 Å². The summed E-state index contributed by atoms with van der Waals surface area (Å²) in [7, 11) is 0. The molecule has 0 amide bonds. The maximum atomic E-state index is 4.31. The van der Waals surface area contributed by atoms with Crippen LogP contribution in [-0.4, -0.2) is 23.0 Å². The summed E-state index contributed by atoms with van der Waals surface area (Å²) in [5.41, 5.74) is 3.06. The normalized spacial score (nSPS) is 13.2. The Morgan fingerprint density at radius 1 is 1.44 bits per heavy atom. The Bertz CT molecular complexity index is 260. The third-order valence-corrected chi connectivity index (χ3v) is 4.35. The van der Waals surface area contributed by atoms with Gasteiger partial charge in [0, 0.05) is 11.4 Å². The standard InChI is InChI=1S/C12H22N2S2/c1-10(2)7-15-6-4-5-13-11(3)12-8-16-9-14-12/h8-11,13H,4-7H2,1-3H3. The molecule has 0 saturated heterocycles. The van der Waals surface area contributed by atoms with Crippen LogP contribution in [0.3, 0.4) is 0 Å². The van der Waals surface area contributed by atoms with Crippen molar-refractivity contribution in [1.82, 2.24) is 10.3 Å². The van der Waals surface area contributed by atoms with E-state index in [9.17, 15) is 0 Å². The van der Waals surface area contributed by atoms with E-state index in [1.54, 1.807) is 11.3 Å². The van der Waals surface area contributed by atoms with Gasteiger partial charge in [0.1, 0.15) is 0 Å². The summed E-state index contributed by atoms with van der Waals surface area (Å²) in [5.74, 6) is 3.35. The first-order valence-corrected chi connectivity index (χ1v) is 7.99. The summed E-state index contributed by atoms with van der Waals surface area (Å²) in [5, 5.41) is 5.62. The Kier molecular flexibility index (Phi) is 7.08. The molecule has 1 aromatic rings. The average Bonchev–Trinajstić information content (AvgIpc) is 2.75. The van der Waals surface area contributed by atoms with Gasteiger partial charge in [0.25, 0.3) is 0 Å². The number of thiazole rings is 1. The van der Waals surface area contributed by atoms with E-state index < -0.39 is 0 Å². The predicted molar refractivity (Wildman–Crippen MR) is 75.3 cm³/mol. The number of nitrogens with zero attached hydrogens (tertiary/aromatic N) is 1. The lowest BCUT2D eigenvalue weighted by atomic mass is 10.2. The van der Waals surface area contributed by atoms with Crippen molar-refractivity contribution in [3.8, 4) is 0 Å². The van der Waals surface area contributed by atoms with Crippen molar-refractivity contribution < 1.29 is 0 Å². The Hall–Kier alpha value is -0.0600. The number of hydrogen-bond donors (Lipinski definition) is 1. The second-order valence-corrected chi connectivity index (χ2v) is 6.28. The van der Waals surface area contributed by atoms with Gasteiger partial charge in [-0.25, -0.2) is 4.98 Å². The second kappa shape index (κ2) is 8.09. The molecule has 4 heteroatoms. The number of thioether (sulfide) groups is 1. The van der Waals surface area contributed by atoms with Crippen LogP contribution >= 0.6 is 23.1 Å². The summed E-state index contributed by atoms with van der Waals surface area (Å²) in [6.07, 6.45) is 1.24. The highest BCUT2D eigenvalue weighted by atomic mass is 32.2. The van der Waals surface area contributed by atoms with E-state index in [0.29, 0.717) is 6.04 Å². The molecular weight excluding hydrogens is 236 g/mol. The highest BCUT2D eigenvalue weighted by molar-refractivity contribution is 7.99. The molecule has 0 radical (unpaired) electrons. The van der Waals surface area contributed by atoms with E-state index in [1.165, 1.54) is 23.6 Å². The first kappa shape index (κ1) is 14.0. The highest BCUT2D eigenvalue weighted by Crippen LogP contribution is 2.12. The summed E-state index contributed by atoms with van der Waals surface area (Å²) in [4.78, 5) is 4.31. The van der Waals surface area contributed by atoms with E-state index in [2.05, 4.69) is 48.2 Å². The largest absolute Gasteiger partial charge is 0.309 e. The van der Waals surface area contributed by atoms with Crippen LogP contribution in [0.15, 0.2) is 10.9 Å². The number of rotatable bonds is 8. The monoisotopic (exact) mass is 258 g/mol. The van der Waals surface area contributed by atoms with Gasteiger partial charge in [0.15, 0.2) is 0 Å². The van der Waals surface area contributed by atoms with Crippen LogP contribution in [0.1, 0.15) is 38.9 Å². The van der Waals surface area contributed by atoms with E-state index in [0.717, 1.165) is 12.5 Å². The van der Waals surface area contributed by atoms with Gasteiger partial charge in [-0.15, -0.1) is 11.3 Å². The topological polar surface area (TPSA) is 24.9 Å². The van der Waals surface area contributed by atoms with Gasteiger partial charge in [-0.2, -0.15) is 11.8 Å². The quantitative estimate of drug-likeness (QED) is 0.722. The van der Waals surface area contributed by atoms with Crippen molar-refractivity contribution in [3.63, 3.8) is 0 Å². The molecule has 2 nitrogen and oxygen atoms in total. The molecule has 0 aliphatic carbocycles. The van der Waals surface area contributed by atoms with Crippen LogP contribution < -0.4 is 5.32 Å². The minimum Gasteiger partial charge on any atom is -0.309 e. The van der Waals surface area contributed by atoms with Gasteiger partial charge in [-0.3, -0.25) is 0 Å². The molecule has 0 spiro atoms. The van der Waals surface area contributed by atoms with Crippen LogP contribution in [0, 0.1) is 5.92 Å². The molecule has 16 heavy (non-hydrogen) atoms. The summed E-state index contributed by atoms with van der Waals surface area (Å²) >= 11 is 3.72. The molecule has 0 aromatic carbocycles. The van der Waals surface area contributed by atoms with Crippen molar-refractivity contribution >= 4 is 23.1 Å². The molecule has 1 unspecified atom stereocenters. The van der Waals surface area contributed by atoms with Gasteiger partial charge < -0.3 is 5.32 Å². The summed E-state index contributed by atoms with van der Waals surface area (Å²) in [6.45, 7) is 7.81. The maximum absolute atomic E-state index is 4.31. The lowest BCUT2D eigenvalue weighted by molar-refractivity contribution is 0.562. The molecule has 1 N–H and O–H groups in total. The lowest BCUT2D eigenvalue weighted by Gasteiger charge is -2.11. The highest BCUT2D eigenvalue weighted by Gasteiger charge is 2.05. The molecule has 0 aliphatic heterocycles. The average molecular weight is 258 g/mol. The van der Waals surface area contributed by atoms with Gasteiger partial charge >= 0.3 is 0 Å². The van der Waals surface area contributed by atoms with Crippen LogP contribution in [0.2, 0.25) is 0 Å². The van der Waals surface area contributed by atoms with Crippen LogP contribution in [0.4, 0.5) is 0 Å². The maximum Gasteiger partial charge on any atom is 0.0795 e. The van der Waals surface area contributed by atoms with Gasteiger partial charge in [0.05, 0.1) is 11.2 Å². The molecule has 1 rings (SSSR count). The Morgan fingerprint density at radius 3 is 2.88 bits per heavy atom. The molecule has 0 aliphatic rings. The smallest absolute Gasteiger partial charge is 0.0795 e. The zero-order chi connectivity index (χ0) is 11.8. The molecule has 92 valence electrons. The van der Waals surface area contributed by atoms with Crippen molar-refractivity contribution in [2.45, 2.75) is 33.2 Å². The minimum atomic E-state index is 0.390. The number of nitrogens with one attached hydrogen (secondary N) is 1. The molecule has 0 bridgehead atoms. The molecule has 1 atom stereocenters. The van der Waals surface area contributed by atoms with E-state index >= 15 is 0 Å². The SMILES string of the molecule is CC(C)CSCCCNC(C)c1cscn1. The van der Waals surface area contributed by atoms with E-state index in [4.69, 9.17) is 0 Å². The van der Waals surface area contributed by atoms with Gasteiger partial charge in [-0.05, 0) is 37.3 Å². The summed E-state index contributed by atoms with van der Waals surface area (Å²) < 4.78 is 0. The Morgan fingerprint density at radius 2 is 2.25 bits per heavy atom. The zero-order valence-electron chi connectivity index (χ0n) is 10.4. The van der Waals surface area contributed by atoms with Crippen LogP contribution in [0.5, 0.6) is 0 Å². The third-order valence-electron chi connectivity index (χ3n) is 2.26. The van der Waals surface area contributed by atoms with E-state index in [1.807, 2.05) is 5.51 Å². The number of hydrogen-bond acceptors (Lipinski definition) is 4. The second-order valence-electron chi connectivity index (χ2n) is 4.41. The fourth-order valence-corrected chi connectivity index (χ4v) is 2.99. The molecule has 0 fully saturated rings. The van der Waals surface area contributed by atoms with Gasteiger partial charge in [0.2, 0.25) is 0 Å². The first-order chi connectivity index (χ1) is 7.70. The minimum absolute atomic E-state index is 0.390. The fourth-order valence-electron chi connectivity index (χ4n) is 1.35. The number of aromatic nitrogens is 1. The fraction of sp³-hybridized carbons (Fsp3) is 0.750. The molecular formula is C12H22N2S2. The van der Waals surface area contributed by atoms with Crippen LogP contribution in [0.25, 0.3) is 0 Å². The van der Waals surface area contributed by atoms with Crippen molar-refractivity contribution in [2.24, 2.45) is 5.92 Å². The van der Waals surface area contributed by atoms with Crippen molar-refractivity contribution in [2.75, 3.05) is 18.1 Å². The predicted octanol–water partition coefficient (Wildman–Crippen LogP) is 3.57. The summed E-state index contributed by atoms with van der Waals surface area (Å²) in [6, 6.07) is 0.390. The Labute approximate surface area is 107 Å². The van der Waals surface area contributed by atoms with E-state index in [-0.39, 0.29) is 0 Å². The molecule has 1 heterocycles. The third kappa shape index (κ3) is 5.87. The van der Waals surface area contributed by atoms with Crippen molar-refractivity contribution in [1.29, 1.82) is 0 Å². The lowest BCUT2D eigenvalue weighted by Crippen LogP contribution is -2.20.